The molecule has 3 aromatic rings. The molecule has 0 N–H and O–H groups in total. The van der Waals surface area contributed by atoms with Crippen molar-refractivity contribution in [2.24, 2.45) is 0 Å². The molecule has 1 saturated carbocycles. The van der Waals surface area contributed by atoms with Crippen molar-refractivity contribution < 1.29 is 4.42 Å². The van der Waals surface area contributed by atoms with Crippen molar-refractivity contribution in [1.82, 2.24) is 19.4 Å². The maximum absolute atomic E-state index is 12.9. The van der Waals surface area contributed by atoms with Crippen molar-refractivity contribution >= 4 is 16.6 Å². The molecule has 7 heteroatoms. The minimum atomic E-state index is 0.0968. The maximum Gasteiger partial charge on any atom is 0.261 e. The highest BCUT2D eigenvalue weighted by molar-refractivity contribution is 5.81. The van der Waals surface area contributed by atoms with Crippen molar-refractivity contribution in [2.75, 3.05) is 31.1 Å². The first-order valence-electron chi connectivity index (χ1n) is 10.6. The van der Waals surface area contributed by atoms with Gasteiger partial charge in [-0.25, -0.2) is 9.97 Å². The normalized spacial score (nSPS) is 18.7. The Morgan fingerprint density at radius 1 is 1.10 bits per heavy atom. The number of oxazole rings is 1. The van der Waals surface area contributed by atoms with Gasteiger partial charge >= 0.3 is 0 Å². The van der Waals surface area contributed by atoms with E-state index in [2.05, 4.69) is 31.9 Å². The van der Waals surface area contributed by atoms with E-state index in [1.807, 2.05) is 17.6 Å². The van der Waals surface area contributed by atoms with Crippen LogP contribution in [0.1, 0.15) is 43.4 Å². The molecule has 5 rings (SSSR count). The topological polar surface area (TPSA) is 67.4 Å². The second-order valence-corrected chi connectivity index (χ2v) is 8.22. The molecule has 0 amide bonds. The lowest BCUT2D eigenvalue weighted by Gasteiger charge is -2.35. The van der Waals surface area contributed by atoms with Crippen molar-refractivity contribution in [3.05, 3.63) is 52.7 Å². The predicted octanol–water partition coefficient (Wildman–Crippen LogP) is 3.13. The third kappa shape index (κ3) is 3.67. The van der Waals surface area contributed by atoms with Crippen molar-refractivity contribution in [1.29, 1.82) is 0 Å². The number of piperazine rings is 1. The van der Waals surface area contributed by atoms with Crippen LogP contribution in [0.2, 0.25) is 0 Å². The summed E-state index contributed by atoms with van der Waals surface area (Å²) in [6, 6.07) is 6.40. The summed E-state index contributed by atoms with van der Waals surface area (Å²) in [6.07, 6.45) is 8.10. The molecule has 2 fully saturated rings. The summed E-state index contributed by atoms with van der Waals surface area (Å²) in [5.74, 6) is 1.64. The molecular formula is C22H27N5O2. The number of aryl methyl sites for hydroxylation is 1. The standard InChI is InChI=1S/C22H27N5O2/c1-16-13-23-21(29-16)14-25-8-10-26(11-9-25)18-6-7-19-20(12-18)24-15-27(22(19)28)17-4-2-3-5-17/h6-7,12-13,15,17H,2-5,8-11,14H2,1H3. The smallest absolute Gasteiger partial charge is 0.261 e. The van der Waals surface area contributed by atoms with E-state index in [0.29, 0.717) is 6.04 Å². The SMILES string of the molecule is Cc1cnc(CN2CCN(c3ccc4c(=O)n(C5CCCC5)cnc4c3)CC2)o1. The molecule has 0 bridgehead atoms. The van der Waals surface area contributed by atoms with Crippen molar-refractivity contribution in [3.8, 4) is 0 Å². The molecule has 7 nitrogen and oxygen atoms in total. The lowest BCUT2D eigenvalue weighted by atomic mass is 10.1. The molecule has 2 aromatic heterocycles. The first kappa shape index (κ1) is 18.4. The Hall–Kier alpha value is -2.67. The van der Waals surface area contributed by atoms with Gasteiger partial charge < -0.3 is 9.32 Å². The molecule has 0 spiro atoms. The molecule has 1 saturated heterocycles. The third-order valence-corrected chi connectivity index (χ3v) is 6.25. The monoisotopic (exact) mass is 393 g/mol. The highest BCUT2D eigenvalue weighted by Crippen LogP contribution is 2.28. The average Bonchev–Trinajstić information content (AvgIpc) is 3.41. The van der Waals surface area contributed by atoms with Crippen molar-refractivity contribution in [2.45, 2.75) is 45.2 Å². The Morgan fingerprint density at radius 2 is 1.90 bits per heavy atom. The zero-order valence-corrected chi connectivity index (χ0v) is 16.9. The van der Waals surface area contributed by atoms with Gasteiger partial charge in [0.1, 0.15) is 5.76 Å². The maximum atomic E-state index is 12.9. The van der Waals surface area contributed by atoms with Crippen LogP contribution < -0.4 is 10.5 Å². The molecule has 0 atom stereocenters. The van der Waals surface area contributed by atoms with E-state index in [4.69, 9.17) is 4.42 Å². The summed E-state index contributed by atoms with van der Waals surface area (Å²) in [6.45, 7) is 6.45. The number of hydrogen-bond acceptors (Lipinski definition) is 6. The number of nitrogens with zero attached hydrogens (tertiary/aromatic N) is 5. The van der Waals surface area contributed by atoms with Crippen LogP contribution in [-0.4, -0.2) is 45.6 Å². The first-order valence-corrected chi connectivity index (χ1v) is 10.6. The number of benzene rings is 1. The Kier molecular flexibility index (Phi) is 4.83. The largest absolute Gasteiger partial charge is 0.445 e. The fourth-order valence-electron chi connectivity index (χ4n) is 4.59. The van der Waals surface area contributed by atoms with Gasteiger partial charge in [0.25, 0.3) is 5.56 Å². The zero-order valence-electron chi connectivity index (χ0n) is 16.9. The second-order valence-electron chi connectivity index (χ2n) is 8.22. The number of anilines is 1. The molecule has 29 heavy (non-hydrogen) atoms. The van der Waals surface area contributed by atoms with Gasteiger partial charge in [-0.3, -0.25) is 14.3 Å². The van der Waals surface area contributed by atoms with E-state index < -0.39 is 0 Å². The molecular weight excluding hydrogens is 366 g/mol. The van der Waals surface area contributed by atoms with Crippen LogP contribution in [0, 0.1) is 6.92 Å². The zero-order chi connectivity index (χ0) is 19.8. The molecule has 152 valence electrons. The van der Waals surface area contributed by atoms with Crippen LogP contribution >= 0.6 is 0 Å². The molecule has 0 unspecified atom stereocenters. The van der Waals surface area contributed by atoms with Gasteiger partial charge in [-0.1, -0.05) is 12.8 Å². The third-order valence-electron chi connectivity index (χ3n) is 6.25. The Labute approximate surface area is 170 Å². The van der Waals surface area contributed by atoms with E-state index >= 15 is 0 Å². The lowest BCUT2D eigenvalue weighted by Crippen LogP contribution is -2.46. The van der Waals surface area contributed by atoms with E-state index in [0.717, 1.165) is 73.8 Å². The summed E-state index contributed by atoms with van der Waals surface area (Å²) in [5, 5.41) is 0.723. The number of aromatic nitrogens is 3. The summed E-state index contributed by atoms with van der Waals surface area (Å²) in [4.78, 5) is 26.6. The molecule has 1 aliphatic carbocycles. The van der Waals surface area contributed by atoms with Gasteiger partial charge in [-0.2, -0.15) is 0 Å². The van der Waals surface area contributed by atoms with E-state index in [-0.39, 0.29) is 5.56 Å². The number of hydrogen-bond donors (Lipinski definition) is 0. The van der Waals surface area contributed by atoms with Crippen LogP contribution in [0.15, 0.2) is 39.9 Å². The van der Waals surface area contributed by atoms with E-state index in [9.17, 15) is 4.79 Å². The quantitative estimate of drug-likeness (QED) is 0.678. The minimum Gasteiger partial charge on any atom is -0.445 e. The lowest BCUT2D eigenvalue weighted by molar-refractivity contribution is 0.225. The molecule has 1 aliphatic heterocycles. The molecule has 1 aromatic carbocycles. The van der Waals surface area contributed by atoms with Crippen LogP contribution in [0.5, 0.6) is 0 Å². The average molecular weight is 393 g/mol. The summed E-state index contributed by atoms with van der Waals surface area (Å²) in [7, 11) is 0. The summed E-state index contributed by atoms with van der Waals surface area (Å²) >= 11 is 0. The van der Waals surface area contributed by atoms with Gasteiger partial charge in [0.2, 0.25) is 5.89 Å². The Balaban J connectivity index is 1.29. The van der Waals surface area contributed by atoms with E-state index in [1.165, 1.54) is 12.8 Å². The summed E-state index contributed by atoms with van der Waals surface area (Å²) in [5.41, 5.74) is 2.02. The molecule has 2 aliphatic rings. The number of fused-ring (bicyclic) bond motifs is 1. The number of rotatable bonds is 4. The Bertz CT molecular complexity index is 1060. The van der Waals surface area contributed by atoms with Crippen LogP contribution in [-0.2, 0) is 6.54 Å². The van der Waals surface area contributed by atoms with Gasteiger partial charge in [0.05, 0.1) is 30.0 Å². The van der Waals surface area contributed by atoms with E-state index in [1.54, 1.807) is 12.5 Å². The first-order chi connectivity index (χ1) is 14.2. The molecule has 3 heterocycles. The van der Waals surface area contributed by atoms with Crippen LogP contribution in [0.4, 0.5) is 5.69 Å². The Morgan fingerprint density at radius 3 is 2.62 bits per heavy atom. The molecule has 0 radical (unpaired) electrons. The fourth-order valence-corrected chi connectivity index (χ4v) is 4.59. The van der Waals surface area contributed by atoms with Gasteiger partial charge in [0.15, 0.2) is 0 Å². The highest BCUT2D eigenvalue weighted by atomic mass is 16.4. The second kappa shape index (κ2) is 7.63. The van der Waals surface area contributed by atoms with Gasteiger partial charge in [0, 0.05) is 37.9 Å². The minimum absolute atomic E-state index is 0.0968. The predicted molar refractivity (Wildman–Crippen MR) is 112 cm³/mol. The summed E-state index contributed by atoms with van der Waals surface area (Å²) < 4.78 is 7.44. The van der Waals surface area contributed by atoms with Gasteiger partial charge in [-0.15, -0.1) is 0 Å². The van der Waals surface area contributed by atoms with Crippen LogP contribution in [0.3, 0.4) is 0 Å². The van der Waals surface area contributed by atoms with Crippen molar-refractivity contribution in [3.63, 3.8) is 0 Å². The highest BCUT2D eigenvalue weighted by Gasteiger charge is 2.21. The van der Waals surface area contributed by atoms with Crippen LogP contribution in [0.25, 0.3) is 10.9 Å². The fraction of sp³-hybridized carbons (Fsp3) is 0.500. The van der Waals surface area contributed by atoms with Gasteiger partial charge in [-0.05, 0) is 38.0 Å².